The molecule has 0 heterocycles. The van der Waals surface area contributed by atoms with Gasteiger partial charge in [-0.15, -0.1) is 0 Å². The minimum absolute atomic E-state index is 0.0952. The van der Waals surface area contributed by atoms with Crippen molar-refractivity contribution in [3.8, 4) is 0 Å². The molecule has 144 valence electrons. The largest absolute Gasteiger partial charge is 0.356 e. The van der Waals surface area contributed by atoms with Crippen LogP contribution in [0.25, 0.3) is 0 Å². The van der Waals surface area contributed by atoms with Gasteiger partial charge in [0.2, 0.25) is 5.91 Å². The van der Waals surface area contributed by atoms with Gasteiger partial charge in [0.05, 0.1) is 6.54 Å². The van der Waals surface area contributed by atoms with Gasteiger partial charge in [-0.05, 0) is 51.5 Å². The molecule has 26 heavy (non-hydrogen) atoms. The second-order valence-electron chi connectivity index (χ2n) is 6.77. The van der Waals surface area contributed by atoms with Crippen LogP contribution in [0.1, 0.15) is 37.6 Å². The molecule has 0 aliphatic heterocycles. The fourth-order valence-corrected chi connectivity index (χ4v) is 2.31. The number of guanidine groups is 1. The van der Waals surface area contributed by atoms with Crippen molar-refractivity contribution in [2.75, 3.05) is 26.7 Å². The van der Waals surface area contributed by atoms with Gasteiger partial charge in [0.1, 0.15) is 0 Å². The summed E-state index contributed by atoms with van der Waals surface area (Å²) in [5.74, 6) is 0.356. The summed E-state index contributed by atoms with van der Waals surface area (Å²) in [7, 11) is 1.65. The van der Waals surface area contributed by atoms with Crippen LogP contribution < -0.4 is 21.3 Å². The minimum atomic E-state index is -0.261. The molecule has 0 bridgehead atoms. The maximum atomic E-state index is 12.0. The van der Waals surface area contributed by atoms with Gasteiger partial charge in [-0.1, -0.05) is 15.9 Å². The first-order chi connectivity index (χ1) is 12.2. The number of halogens is 1. The molecule has 1 aromatic carbocycles. The number of hydrogen-bond donors (Lipinski definition) is 4. The smallest absolute Gasteiger partial charge is 0.251 e. The lowest BCUT2D eigenvalue weighted by Crippen LogP contribution is -2.48. The predicted octanol–water partition coefficient (Wildman–Crippen LogP) is 1.65. The lowest BCUT2D eigenvalue weighted by Gasteiger charge is -2.21. The molecule has 1 rings (SSSR count). The van der Waals surface area contributed by atoms with E-state index in [9.17, 15) is 9.59 Å². The highest BCUT2D eigenvalue weighted by Gasteiger charge is 2.13. The third-order valence-corrected chi connectivity index (χ3v) is 3.72. The van der Waals surface area contributed by atoms with Crippen molar-refractivity contribution in [2.45, 2.75) is 32.7 Å². The van der Waals surface area contributed by atoms with E-state index in [4.69, 9.17) is 0 Å². The van der Waals surface area contributed by atoms with Gasteiger partial charge in [-0.2, -0.15) is 0 Å². The Hall–Kier alpha value is -2.09. The molecule has 0 atom stereocenters. The van der Waals surface area contributed by atoms with Gasteiger partial charge in [-0.3, -0.25) is 14.6 Å². The maximum absolute atomic E-state index is 12.0. The summed E-state index contributed by atoms with van der Waals surface area (Å²) in [6.07, 6.45) is 0.733. The average molecular weight is 426 g/mol. The van der Waals surface area contributed by atoms with E-state index in [-0.39, 0.29) is 23.9 Å². The molecular weight excluding hydrogens is 398 g/mol. The van der Waals surface area contributed by atoms with Crippen LogP contribution in [0, 0.1) is 0 Å². The number of amides is 2. The zero-order chi connectivity index (χ0) is 19.6. The van der Waals surface area contributed by atoms with E-state index in [0.29, 0.717) is 24.6 Å². The Morgan fingerprint density at radius 1 is 1.04 bits per heavy atom. The first-order valence-electron chi connectivity index (χ1n) is 8.50. The molecule has 0 radical (unpaired) electrons. The first kappa shape index (κ1) is 22.0. The zero-order valence-electron chi connectivity index (χ0n) is 15.8. The Morgan fingerprint density at radius 3 is 2.23 bits per heavy atom. The summed E-state index contributed by atoms with van der Waals surface area (Å²) in [5.41, 5.74) is 0.367. The minimum Gasteiger partial charge on any atom is -0.356 e. The van der Waals surface area contributed by atoms with Crippen molar-refractivity contribution in [3.05, 3.63) is 34.3 Å². The summed E-state index contributed by atoms with van der Waals surface area (Å²) < 4.78 is 0.938. The van der Waals surface area contributed by atoms with E-state index in [1.807, 2.05) is 32.9 Å². The average Bonchev–Trinajstić information content (AvgIpc) is 2.56. The van der Waals surface area contributed by atoms with Crippen LogP contribution in [0.4, 0.5) is 0 Å². The van der Waals surface area contributed by atoms with E-state index in [2.05, 4.69) is 42.2 Å². The molecule has 7 nitrogen and oxygen atoms in total. The summed E-state index contributed by atoms with van der Waals surface area (Å²) in [6, 6.07) is 7.21. The van der Waals surface area contributed by atoms with Gasteiger partial charge in [0.25, 0.3) is 5.91 Å². The molecule has 4 N–H and O–H groups in total. The van der Waals surface area contributed by atoms with Crippen molar-refractivity contribution in [2.24, 2.45) is 4.99 Å². The van der Waals surface area contributed by atoms with Crippen molar-refractivity contribution in [1.29, 1.82) is 0 Å². The van der Waals surface area contributed by atoms with E-state index >= 15 is 0 Å². The Labute approximate surface area is 163 Å². The molecule has 0 aliphatic rings. The summed E-state index contributed by atoms with van der Waals surface area (Å²) in [6.45, 7) is 7.11. The van der Waals surface area contributed by atoms with Crippen LogP contribution in [0.2, 0.25) is 0 Å². The van der Waals surface area contributed by atoms with Crippen LogP contribution in [-0.4, -0.2) is 50.0 Å². The van der Waals surface area contributed by atoms with Crippen molar-refractivity contribution >= 4 is 33.7 Å². The molecule has 1 aromatic rings. The highest BCUT2D eigenvalue weighted by molar-refractivity contribution is 9.10. The zero-order valence-corrected chi connectivity index (χ0v) is 17.4. The number of hydrogen-bond acceptors (Lipinski definition) is 3. The van der Waals surface area contributed by atoms with Crippen LogP contribution in [0.5, 0.6) is 0 Å². The SMILES string of the molecule is CN=C(NCCCNC(=O)c1ccc(Br)cc1)NCC(=O)NC(C)(C)C. The number of carbonyl (C=O) groups is 2. The number of aliphatic imine (C=N–C) groups is 1. The van der Waals surface area contributed by atoms with Crippen LogP contribution in [-0.2, 0) is 4.79 Å². The molecule has 0 aliphatic carbocycles. The second-order valence-corrected chi connectivity index (χ2v) is 7.68. The van der Waals surface area contributed by atoms with E-state index < -0.39 is 0 Å². The van der Waals surface area contributed by atoms with Crippen LogP contribution in [0.15, 0.2) is 33.7 Å². The predicted molar refractivity (Wildman–Crippen MR) is 108 cm³/mol. The standard InChI is InChI=1S/C18H28BrN5O2/c1-18(2,3)24-15(25)12-23-17(20-4)22-11-5-10-21-16(26)13-6-8-14(19)9-7-13/h6-9H,5,10-12H2,1-4H3,(H,21,26)(H,24,25)(H2,20,22,23). The number of benzene rings is 1. The molecule has 0 fully saturated rings. The Balaban J connectivity index is 2.21. The summed E-state index contributed by atoms with van der Waals surface area (Å²) in [4.78, 5) is 27.8. The fraction of sp³-hybridized carbons (Fsp3) is 0.500. The quantitative estimate of drug-likeness (QED) is 0.303. The van der Waals surface area contributed by atoms with Gasteiger partial charge < -0.3 is 21.3 Å². The van der Waals surface area contributed by atoms with Crippen molar-refractivity contribution in [3.63, 3.8) is 0 Å². The highest BCUT2D eigenvalue weighted by Crippen LogP contribution is 2.10. The Bertz CT molecular complexity index is 623. The molecule has 8 heteroatoms. The van der Waals surface area contributed by atoms with Crippen LogP contribution >= 0.6 is 15.9 Å². The van der Waals surface area contributed by atoms with Crippen LogP contribution in [0.3, 0.4) is 0 Å². The first-order valence-corrected chi connectivity index (χ1v) is 9.30. The number of nitrogens with zero attached hydrogens (tertiary/aromatic N) is 1. The lowest BCUT2D eigenvalue weighted by atomic mass is 10.1. The maximum Gasteiger partial charge on any atom is 0.251 e. The molecule has 0 saturated heterocycles. The van der Waals surface area contributed by atoms with Crippen molar-refractivity contribution in [1.82, 2.24) is 21.3 Å². The fourth-order valence-electron chi connectivity index (χ4n) is 2.05. The van der Waals surface area contributed by atoms with Gasteiger partial charge in [0, 0.05) is 35.7 Å². The molecule has 0 unspecified atom stereocenters. The summed E-state index contributed by atoms with van der Waals surface area (Å²) >= 11 is 3.34. The van der Waals surface area contributed by atoms with E-state index in [1.165, 1.54) is 0 Å². The van der Waals surface area contributed by atoms with E-state index in [1.54, 1.807) is 19.2 Å². The molecule has 0 spiro atoms. The molecule has 0 saturated carbocycles. The van der Waals surface area contributed by atoms with Gasteiger partial charge in [-0.25, -0.2) is 0 Å². The normalized spacial score (nSPS) is 11.7. The van der Waals surface area contributed by atoms with E-state index in [0.717, 1.165) is 10.9 Å². The Kier molecular flexibility index (Phi) is 9.12. The molecule has 2 amide bonds. The van der Waals surface area contributed by atoms with Gasteiger partial charge in [0.15, 0.2) is 5.96 Å². The van der Waals surface area contributed by atoms with Gasteiger partial charge >= 0.3 is 0 Å². The third-order valence-electron chi connectivity index (χ3n) is 3.19. The number of rotatable bonds is 7. The lowest BCUT2D eigenvalue weighted by molar-refractivity contribution is -0.121. The number of carbonyl (C=O) groups excluding carboxylic acids is 2. The molecular formula is C18H28BrN5O2. The number of nitrogens with one attached hydrogen (secondary N) is 4. The highest BCUT2D eigenvalue weighted by atomic mass is 79.9. The molecule has 0 aromatic heterocycles. The Morgan fingerprint density at radius 2 is 1.65 bits per heavy atom. The third kappa shape index (κ3) is 9.41. The monoisotopic (exact) mass is 425 g/mol. The summed E-state index contributed by atoms with van der Waals surface area (Å²) in [5, 5.41) is 11.8. The second kappa shape index (κ2) is 10.8. The topological polar surface area (TPSA) is 94.6 Å². The van der Waals surface area contributed by atoms with Crippen molar-refractivity contribution < 1.29 is 9.59 Å².